The molecule has 0 bridgehead atoms. The molecule has 0 amide bonds. The summed E-state index contributed by atoms with van der Waals surface area (Å²) in [6.45, 7) is 5.29. The van der Waals surface area contributed by atoms with Crippen LogP contribution in [-0.4, -0.2) is 95.2 Å². The summed E-state index contributed by atoms with van der Waals surface area (Å²) in [6.07, 6.45) is -5.54. The number of hydrogen-bond donors (Lipinski definition) is 6. The van der Waals surface area contributed by atoms with Gasteiger partial charge in [0.2, 0.25) is 0 Å². The third-order valence-corrected chi connectivity index (χ3v) is 4.35. The summed E-state index contributed by atoms with van der Waals surface area (Å²) in [7, 11) is 1.24. The van der Waals surface area contributed by atoms with Crippen molar-refractivity contribution in [2.75, 3.05) is 19.8 Å². The van der Waals surface area contributed by atoms with Gasteiger partial charge in [-0.2, -0.15) is 0 Å². The monoisotopic (exact) mass is 392 g/mol. The number of hydrogen-bond acceptors (Lipinski definition) is 9. The summed E-state index contributed by atoms with van der Waals surface area (Å²) in [6, 6.07) is -0.992. The van der Waals surface area contributed by atoms with Crippen LogP contribution in [0.1, 0.15) is 33.6 Å². The smallest absolute Gasteiger partial charge is 0.396 e. The Kier molecular flexibility index (Phi) is 10.1. The SMILES string of the molecule is CCO[C@]1(C(=O)O)C[C@@H](O)C(N[B]OCCC(C)C)C([C@H](O)[C@H](O)CO)O1. The van der Waals surface area contributed by atoms with Crippen molar-refractivity contribution in [1.29, 1.82) is 0 Å². The molecule has 0 aromatic rings. The maximum atomic E-state index is 11.7. The summed E-state index contributed by atoms with van der Waals surface area (Å²) in [5.74, 6) is -3.19. The number of aliphatic hydroxyl groups is 4. The molecule has 0 aromatic carbocycles. The van der Waals surface area contributed by atoms with Crippen molar-refractivity contribution in [2.45, 2.75) is 69.9 Å². The highest BCUT2D eigenvalue weighted by atomic mass is 16.7. The van der Waals surface area contributed by atoms with E-state index in [0.717, 1.165) is 6.42 Å². The second kappa shape index (κ2) is 11.3. The molecule has 11 heteroatoms. The van der Waals surface area contributed by atoms with E-state index < -0.39 is 55.2 Å². The van der Waals surface area contributed by atoms with Crippen molar-refractivity contribution < 1.29 is 44.5 Å². The molecule has 6 atom stereocenters. The third-order valence-electron chi connectivity index (χ3n) is 4.35. The van der Waals surface area contributed by atoms with Gasteiger partial charge in [-0.3, -0.25) is 0 Å². The Morgan fingerprint density at radius 1 is 1.41 bits per heavy atom. The summed E-state index contributed by atoms with van der Waals surface area (Å²) < 4.78 is 16.0. The lowest BCUT2D eigenvalue weighted by atomic mass is 9.87. The summed E-state index contributed by atoms with van der Waals surface area (Å²) in [4.78, 5) is 11.7. The quantitative estimate of drug-likeness (QED) is 0.166. The maximum Gasteiger partial charge on any atom is 0.396 e. The van der Waals surface area contributed by atoms with Gasteiger partial charge in [-0.05, 0) is 19.3 Å². The van der Waals surface area contributed by atoms with Crippen LogP contribution in [-0.2, 0) is 18.9 Å². The number of carboxylic acids is 1. The number of nitrogens with one attached hydrogen (secondary N) is 1. The summed E-state index contributed by atoms with van der Waals surface area (Å²) in [5, 5.41) is 51.9. The lowest BCUT2D eigenvalue weighted by Gasteiger charge is -2.46. The average molecular weight is 392 g/mol. The minimum absolute atomic E-state index is 0.00702. The van der Waals surface area contributed by atoms with Crippen LogP contribution >= 0.6 is 0 Å². The van der Waals surface area contributed by atoms with Crippen LogP contribution in [0.4, 0.5) is 0 Å². The molecule has 157 valence electrons. The minimum Gasteiger partial charge on any atom is -0.477 e. The molecule has 1 radical (unpaired) electrons. The molecule has 27 heavy (non-hydrogen) atoms. The van der Waals surface area contributed by atoms with E-state index in [1.165, 1.54) is 7.62 Å². The van der Waals surface area contributed by atoms with Crippen molar-refractivity contribution >= 4 is 13.6 Å². The van der Waals surface area contributed by atoms with Gasteiger partial charge in [0.15, 0.2) is 0 Å². The first-order chi connectivity index (χ1) is 12.7. The number of rotatable bonds is 12. The average Bonchev–Trinajstić information content (AvgIpc) is 2.61. The zero-order chi connectivity index (χ0) is 20.6. The predicted molar refractivity (Wildman–Crippen MR) is 94.7 cm³/mol. The normalized spacial score (nSPS) is 30.9. The Balaban J connectivity index is 2.91. The highest BCUT2D eigenvalue weighted by Gasteiger charge is 2.55. The molecule has 0 spiro atoms. The molecule has 0 aromatic heterocycles. The second-order valence-electron chi connectivity index (χ2n) is 6.95. The summed E-state index contributed by atoms with van der Waals surface area (Å²) >= 11 is 0. The molecule has 1 rings (SSSR count). The van der Waals surface area contributed by atoms with E-state index in [1.54, 1.807) is 6.92 Å². The van der Waals surface area contributed by atoms with Gasteiger partial charge in [-0.1, -0.05) is 13.8 Å². The van der Waals surface area contributed by atoms with E-state index >= 15 is 0 Å². The molecule has 0 saturated carbocycles. The van der Waals surface area contributed by atoms with Crippen molar-refractivity contribution in [3.05, 3.63) is 0 Å². The first kappa shape index (κ1) is 24.3. The van der Waals surface area contributed by atoms with Crippen LogP contribution in [0, 0.1) is 5.92 Å². The fourth-order valence-corrected chi connectivity index (χ4v) is 2.79. The Morgan fingerprint density at radius 3 is 2.59 bits per heavy atom. The van der Waals surface area contributed by atoms with E-state index in [2.05, 4.69) is 5.23 Å². The van der Waals surface area contributed by atoms with E-state index in [1.807, 2.05) is 13.8 Å². The Hall–Kier alpha value is -0.785. The van der Waals surface area contributed by atoms with E-state index in [0.29, 0.717) is 12.5 Å². The van der Waals surface area contributed by atoms with Crippen LogP contribution in [0.15, 0.2) is 0 Å². The number of carboxylic acid groups (broad SMARTS) is 1. The topological polar surface area (TPSA) is 158 Å². The first-order valence-electron chi connectivity index (χ1n) is 9.08. The highest BCUT2D eigenvalue weighted by Crippen LogP contribution is 2.33. The van der Waals surface area contributed by atoms with Gasteiger partial charge in [0.1, 0.15) is 18.3 Å². The summed E-state index contributed by atoms with van der Waals surface area (Å²) in [5.41, 5.74) is 0. The Labute approximate surface area is 159 Å². The molecule has 0 aliphatic carbocycles. The molecule has 10 nitrogen and oxygen atoms in total. The number of ether oxygens (including phenoxy) is 2. The van der Waals surface area contributed by atoms with Crippen molar-refractivity contribution in [2.24, 2.45) is 5.92 Å². The molecule has 1 aliphatic rings. The maximum absolute atomic E-state index is 11.7. The fraction of sp³-hybridized carbons (Fsp3) is 0.938. The Bertz CT molecular complexity index is 456. The molecule has 1 aliphatic heterocycles. The Morgan fingerprint density at radius 2 is 2.07 bits per heavy atom. The van der Waals surface area contributed by atoms with Crippen molar-refractivity contribution in [1.82, 2.24) is 5.23 Å². The second-order valence-corrected chi connectivity index (χ2v) is 6.95. The number of carbonyl (C=O) groups is 1. The third kappa shape index (κ3) is 6.65. The van der Waals surface area contributed by atoms with Crippen LogP contribution in [0.2, 0.25) is 0 Å². The molecular formula is C16H31BNO9. The molecule has 1 fully saturated rings. The van der Waals surface area contributed by atoms with Gasteiger partial charge >= 0.3 is 13.6 Å². The molecule has 6 N–H and O–H groups in total. The van der Waals surface area contributed by atoms with E-state index in [9.17, 15) is 25.2 Å². The van der Waals surface area contributed by atoms with E-state index in [-0.39, 0.29) is 6.61 Å². The lowest BCUT2D eigenvalue weighted by Crippen LogP contribution is -2.67. The lowest BCUT2D eigenvalue weighted by molar-refractivity contribution is -0.309. The van der Waals surface area contributed by atoms with E-state index in [4.69, 9.17) is 19.2 Å². The van der Waals surface area contributed by atoms with Crippen LogP contribution in [0.3, 0.4) is 0 Å². The van der Waals surface area contributed by atoms with Gasteiger partial charge in [-0.25, -0.2) is 4.79 Å². The van der Waals surface area contributed by atoms with Crippen LogP contribution in [0.5, 0.6) is 0 Å². The zero-order valence-electron chi connectivity index (χ0n) is 15.9. The number of aliphatic hydroxyl groups excluding tert-OH is 4. The molecule has 2 unspecified atom stereocenters. The fourth-order valence-electron chi connectivity index (χ4n) is 2.79. The van der Waals surface area contributed by atoms with Crippen LogP contribution in [0.25, 0.3) is 0 Å². The standard InChI is InChI=1S/C16H31BNO9/c1-4-25-16(15(23)24)7-10(20)12(18-17-26-6-5-9(2)3)14(27-16)13(22)11(21)8-19/h9-14,18-22H,4-8H2,1-3H3,(H,23,24)/t10-,11-,12?,13-,14?,16-/m1/s1. The van der Waals surface area contributed by atoms with Gasteiger partial charge in [0.25, 0.3) is 5.79 Å². The van der Waals surface area contributed by atoms with Gasteiger partial charge in [0, 0.05) is 19.6 Å². The van der Waals surface area contributed by atoms with Gasteiger partial charge in [-0.15, -0.1) is 0 Å². The molecule has 1 saturated heterocycles. The van der Waals surface area contributed by atoms with Crippen molar-refractivity contribution in [3.63, 3.8) is 0 Å². The molecule has 1 heterocycles. The minimum atomic E-state index is -2.17. The van der Waals surface area contributed by atoms with Gasteiger partial charge < -0.3 is 44.9 Å². The molecular weight excluding hydrogens is 361 g/mol. The van der Waals surface area contributed by atoms with Crippen LogP contribution < -0.4 is 5.23 Å². The highest BCUT2D eigenvalue weighted by molar-refractivity contribution is 6.23. The largest absolute Gasteiger partial charge is 0.477 e. The van der Waals surface area contributed by atoms with Crippen molar-refractivity contribution in [3.8, 4) is 0 Å². The number of aliphatic carboxylic acids is 1. The first-order valence-corrected chi connectivity index (χ1v) is 9.08. The zero-order valence-corrected chi connectivity index (χ0v) is 15.9. The predicted octanol–water partition coefficient (Wildman–Crippen LogP) is -1.78. The van der Waals surface area contributed by atoms with Gasteiger partial charge in [0.05, 0.1) is 18.8 Å².